The Morgan fingerprint density at radius 2 is 1.42 bits per heavy atom. The molecule has 98 valence electrons. The second kappa shape index (κ2) is 5.98. The van der Waals surface area contributed by atoms with E-state index in [0.717, 1.165) is 6.42 Å². The molecule has 2 aromatic carbocycles. The average molecular weight is 268 g/mol. The van der Waals surface area contributed by atoms with Gasteiger partial charge in [-0.3, -0.25) is 0 Å². The van der Waals surface area contributed by atoms with Crippen LogP contribution >= 0.6 is 0 Å². The van der Waals surface area contributed by atoms with Crippen LogP contribution in [0.25, 0.3) is 0 Å². The largest absolute Gasteiger partial charge is 0.305 e. The van der Waals surface area contributed by atoms with E-state index in [1.165, 1.54) is 10.8 Å². The Hall–Kier alpha value is -1.67. The summed E-state index contributed by atoms with van der Waals surface area (Å²) >= 11 is 0. The first-order valence-electron chi connectivity index (χ1n) is 6.73. The Morgan fingerprint density at radius 3 is 2.00 bits per heavy atom. The summed E-state index contributed by atoms with van der Waals surface area (Å²) in [6.07, 6.45) is 1.50. The van der Waals surface area contributed by atoms with Gasteiger partial charge >= 0.3 is 0 Å². The maximum absolute atomic E-state index is 12.5. The molecule has 0 aliphatic carbocycles. The molecule has 2 aromatic rings. The Morgan fingerprint density at radius 1 is 0.895 bits per heavy atom. The minimum atomic E-state index is -1.98. The van der Waals surface area contributed by atoms with Crippen LogP contribution in [0.4, 0.5) is 0 Å². The summed E-state index contributed by atoms with van der Waals surface area (Å²) in [5, 5.41) is 1.66. The van der Waals surface area contributed by atoms with Gasteiger partial charge in [0.15, 0.2) is 8.07 Å². The lowest BCUT2D eigenvalue weighted by Gasteiger charge is -2.21. The summed E-state index contributed by atoms with van der Waals surface area (Å²) in [7, 11) is -1.98. The van der Waals surface area contributed by atoms with Crippen molar-refractivity contribution in [2.75, 3.05) is 0 Å². The van der Waals surface area contributed by atoms with Gasteiger partial charge in [0.25, 0.3) is 0 Å². The molecule has 0 amide bonds. The van der Waals surface area contributed by atoms with E-state index >= 15 is 0 Å². The molecule has 0 aliphatic rings. The summed E-state index contributed by atoms with van der Waals surface area (Å²) < 4.78 is 0. The molecular weight excluding hydrogens is 248 g/mol. The molecule has 0 atom stereocenters. The first-order chi connectivity index (χ1) is 9.10. The summed E-state index contributed by atoms with van der Waals surface area (Å²) in [5.74, 6) is 0. The number of carbonyl (C=O) groups is 1. The second-order valence-corrected chi connectivity index (χ2v) is 9.78. The maximum atomic E-state index is 12.5. The van der Waals surface area contributed by atoms with Gasteiger partial charge in [-0.15, -0.1) is 0 Å². The summed E-state index contributed by atoms with van der Waals surface area (Å²) in [4.78, 5) is 12.5. The Kier molecular flexibility index (Phi) is 4.33. The Bertz CT molecular complexity index is 532. The zero-order valence-corrected chi connectivity index (χ0v) is 12.6. The van der Waals surface area contributed by atoms with Gasteiger partial charge in [0, 0.05) is 6.42 Å². The van der Waals surface area contributed by atoms with Gasteiger partial charge in [-0.25, -0.2) is 0 Å². The Balaban J connectivity index is 2.03. The first kappa shape index (κ1) is 13.8. The minimum absolute atomic E-state index is 0.433. The number of hydrogen-bond donors (Lipinski definition) is 0. The van der Waals surface area contributed by atoms with Crippen LogP contribution in [0.5, 0.6) is 0 Å². The first-order valence-corrected chi connectivity index (χ1v) is 9.73. The molecule has 0 saturated carbocycles. The van der Waals surface area contributed by atoms with Crippen LogP contribution in [0.1, 0.15) is 12.0 Å². The molecule has 2 rings (SSSR count). The van der Waals surface area contributed by atoms with Gasteiger partial charge in [-0.1, -0.05) is 78.9 Å². The van der Waals surface area contributed by atoms with Crippen molar-refractivity contribution in [2.45, 2.75) is 25.9 Å². The van der Waals surface area contributed by atoms with E-state index in [9.17, 15) is 4.79 Å². The van der Waals surface area contributed by atoms with Crippen LogP contribution in [0.2, 0.25) is 13.1 Å². The highest BCUT2D eigenvalue weighted by Gasteiger charge is 2.31. The molecule has 0 N–H and O–H groups in total. The SMILES string of the molecule is C[Si](C)(C(=O)CCc1ccccc1)c1ccccc1. The zero-order valence-electron chi connectivity index (χ0n) is 11.6. The number of hydrogen-bond acceptors (Lipinski definition) is 1. The number of aryl methyl sites for hydroxylation is 1. The third kappa shape index (κ3) is 3.41. The molecular formula is C17H20OSi. The van der Waals surface area contributed by atoms with Gasteiger partial charge in [0.1, 0.15) is 5.41 Å². The molecule has 2 heteroatoms. The van der Waals surface area contributed by atoms with Gasteiger partial charge in [-0.2, -0.15) is 0 Å². The fourth-order valence-electron chi connectivity index (χ4n) is 2.23. The van der Waals surface area contributed by atoms with E-state index in [4.69, 9.17) is 0 Å². The number of carbonyl (C=O) groups excluding carboxylic acids is 1. The van der Waals surface area contributed by atoms with Crippen LogP contribution in [-0.4, -0.2) is 13.5 Å². The number of rotatable bonds is 5. The Labute approximate surface area is 116 Å². The number of benzene rings is 2. The van der Waals surface area contributed by atoms with E-state index in [2.05, 4.69) is 37.4 Å². The normalized spacial score (nSPS) is 11.3. The van der Waals surface area contributed by atoms with Crippen molar-refractivity contribution in [1.82, 2.24) is 0 Å². The van der Waals surface area contributed by atoms with Crippen LogP contribution in [0.15, 0.2) is 60.7 Å². The second-order valence-electron chi connectivity index (χ2n) is 5.40. The van der Waals surface area contributed by atoms with Crippen molar-refractivity contribution in [3.05, 3.63) is 66.2 Å². The third-order valence-corrected chi connectivity index (χ3v) is 7.10. The van der Waals surface area contributed by atoms with E-state index in [0.29, 0.717) is 11.8 Å². The molecule has 19 heavy (non-hydrogen) atoms. The lowest BCUT2D eigenvalue weighted by atomic mass is 10.1. The third-order valence-electron chi connectivity index (χ3n) is 3.68. The summed E-state index contributed by atoms with van der Waals surface area (Å²) in [6, 6.07) is 20.5. The molecule has 0 saturated heterocycles. The van der Waals surface area contributed by atoms with E-state index in [-0.39, 0.29) is 0 Å². The van der Waals surface area contributed by atoms with Crippen LogP contribution in [0, 0.1) is 0 Å². The summed E-state index contributed by atoms with van der Waals surface area (Å²) in [6.45, 7) is 4.30. The lowest BCUT2D eigenvalue weighted by Crippen LogP contribution is -2.49. The van der Waals surface area contributed by atoms with Crippen molar-refractivity contribution in [1.29, 1.82) is 0 Å². The fraction of sp³-hybridized carbons (Fsp3) is 0.235. The van der Waals surface area contributed by atoms with Crippen molar-refractivity contribution < 1.29 is 4.79 Å². The van der Waals surface area contributed by atoms with Gasteiger partial charge in [-0.05, 0) is 12.0 Å². The predicted molar refractivity (Wildman–Crippen MR) is 83.3 cm³/mol. The molecule has 1 nitrogen and oxygen atoms in total. The maximum Gasteiger partial charge on any atom is 0.157 e. The zero-order chi connectivity index (χ0) is 13.7. The van der Waals surface area contributed by atoms with Gasteiger partial charge in [0.05, 0.1) is 0 Å². The highest BCUT2D eigenvalue weighted by molar-refractivity contribution is 7.13. The lowest BCUT2D eigenvalue weighted by molar-refractivity contribution is -0.112. The minimum Gasteiger partial charge on any atom is -0.305 e. The molecule has 0 fully saturated rings. The average Bonchev–Trinajstić information content (AvgIpc) is 2.46. The predicted octanol–water partition coefficient (Wildman–Crippen LogP) is 3.34. The molecule has 0 unspecified atom stereocenters. The molecule has 0 aromatic heterocycles. The molecule has 0 aliphatic heterocycles. The van der Waals surface area contributed by atoms with E-state index < -0.39 is 8.07 Å². The van der Waals surface area contributed by atoms with Gasteiger partial charge in [0.2, 0.25) is 0 Å². The molecule has 0 radical (unpaired) electrons. The van der Waals surface area contributed by atoms with Crippen molar-refractivity contribution >= 4 is 18.7 Å². The topological polar surface area (TPSA) is 17.1 Å². The van der Waals surface area contributed by atoms with Crippen molar-refractivity contribution in [3.8, 4) is 0 Å². The smallest absolute Gasteiger partial charge is 0.157 e. The quantitative estimate of drug-likeness (QED) is 0.760. The highest BCUT2D eigenvalue weighted by atomic mass is 28.3. The summed E-state index contributed by atoms with van der Waals surface area (Å²) in [5.41, 5.74) is 1.24. The monoisotopic (exact) mass is 268 g/mol. The van der Waals surface area contributed by atoms with E-state index in [1.807, 2.05) is 36.4 Å². The van der Waals surface area contributed by atoms with Crippen LogP contribution in [-0.2, 0) is 11.2 Å². The van der Waals surface area contributed by atoms with Crippen molar-refractivity contribution in [3.63, 3.8) is 0 Å². The van der Waals surface area contributed by atoms with Crippen LogP contribution < -0.4 is 5.19 Å². The fourth-order valence-corrected chi connectivity index (χ4v) is 4.33. The van der Waals surface area contributed by atoms with E-state index in [1.54, 1.807) is 0 Å². The standard InChI is InChI=1S/C17H20OSi/c1-19(2,16-11-7-4-8-12-16)17(18)14-13-15-9-5-3-6-10-15/h3-12H,13-14H2,1-2H3. The van der Waals surface area contributed by atoms with Gasteiger partial charge < -0.3 is 4.79 Å². The van der Waals surface area contributed by atoms with Crippen LogP contribution in [0.3, 0.4) is 0 Å². The highest BCUT2D eigenvalue weighted by Crippen LogP contribution is 2.11. The molecule has 0 bridgehead atoms. The molecule has 0 heterocycles. The molecule has 0 spiro atoms. The van der Waals surface area contributed by atoms with Crippen molar-refractivity contribution in [2.24, 2.45) is 0 Å².